The highest BCUT2D eigenvalue weighted by atomic mass is 32.2. The number of nitrogen functional groups attached to an aromatic ring is 1. The first-order valence-electron chi connectivity index (χ1n) is 15.0. The largest absolute Gasteiger partial charge is 0.477 e. The number of piperidine rings is 1. The number of tetrazole rings is 1. The molecule has 45 heavy (non-hydrogen) atoms. The molecule has 0 aromatic carbocycles. The van der Waals surface area contributed by atoms with Crippen LogP contribution in [0.4, 0.5) is 5.13 Å². The van der Waals surface area contributed by atoms with E-state index in [-0.39, 0.29) is 28.5 Å². The van der Waals surface area contributed by atoms with Crippen molar-refractivity contribution in [3.05, 3.63) is 17.1 Å². The molecule has 19 heteroatoms. The highest BCUT2D eigenvalue weighted by Gasteiger charge is 2.54. The number of carboxylic acid groups (broad SMARTS) is 1. The minimum Gasteiger partial charge on any atom is -0.477 e. The van der Waals surface area contributed by atoms with E-state index in [0.29, 0.717) is 28.8 Å². The molecule has 4 N–H and O–H groups in total. The Morgan fingerprint density at radius 1 is 1.16 bits per heavy atom. The standard InChI is InChI=1S/C26H35N11O5S3/c27-25-29-20(32-45-25)17(31-42-16-7-2-3-8-16)21(38)28-18-22(39)37-19(24(40)41)15(13-43-23(18)37)14-44-26-30-33-34-36(26)12-6-11-35-9-4-1-5-10-35/h16,18,23H,1-14H2,(H,28,38)(H,40,41)(H2,27,29,32)/b31-17-/t18?,23-/m1/s1. The summed E-state index contributed by atoms with van der Waals surface area (Å²) in [4.78, 5) is 52.4. The van der Waals surface area contributed by atoms with E-state index in [9.17, 15) is 19.5 Å². The van der Waals surface area contributed by atoms with Gasteiger partial charge in [-0.2, -0.15) is 9.36 Å². The van der Waals surface area contributed by atoms with Crippen molar-refractivity contribution in [1.29, 1.82) is 0 Å². The number of amides is 2. The van der Waals surface area contributed by atoms with Crippen molar-refractivity contribution in [2.75, 3.05) is 36.9 Å². The number of fused-ring (bicyclic) bond motifs is 1. The zero-order chi connectivity index (χ0) is 31.3. The molecule has 1 saturated carbocycles. The van der Waals surface area contributed by atoms with Crippen LogP contribution in [-0.2, 0) is 25.8 Å². The molecule has 242 valence electrons. The first-order chi connectivity index (χ1) is 21.9. The highest BCUT2D eigenvalue weighted by molar-refractivity contribution is 8.01. The number of nitrogens with zero attached hydrogens (tertiary/aromatic N) is 9. The summed E-state index contributed by atoms with van der Waals surface area (Å²) < 4.78 is 5.84. The molecule has 2 aromatic heterocycles. The van der Waals surface area contributed by atoms with Gasteiger partial charge in [0, 0.05) is 29.6 Å². The van der Waals surface area contributed by atoms with Gasteiger partial charge in [0.2, 0.25) is 16.7 Å². The fourth-order valence-electron chi connectivity index (χ4n) is 5.86. The van der Waals surface area contributed by atoms with E-state index in [1.165, 1.54) is 47.7 Å². The van der Waals surface area contributed by atoms with Crippen molar-refractivity contribution >= 4 is 63.7 Å². The number of aliphatic carboxylic acids is 1. The second-order valence-electron chi connectivity index (χ2n) is 11.3. The summed E-state index contributed by atoms with van der Waals surface area (Å²) in [5, 5.41) is 29.1. The lowest BCUT2D eigenvalue weighted by Gasteiger charge is -2.49. The maximum atomic E-state index is 13.3. The van der Waals surface area contributed by atoms with Crippen molar-refractivity contribution in [2.45, 2.75) is 80.6 Å². The molecule has 2 amide bonds. The Labute approximate surface area is 271 Å². The molecule has 1 aliphatic carbocycles. The Balaban J connectivity index is 1.08. The van der Waals surface area contributed by atoms with Crippen LogP contribution in [0.3, 0.4) is 0 Å². The lowest BCUT2D eigenvalue weighted by atomic mass is 10.0. The average Bonchev–Trinajstić information content (AvgIpc) is 3.82. The Bertz CT molecular complexity index is 1470. The van der Waals surface area contributed by atoms with Crippen LogP contribution in [-0.4, -0.2) is 117 Å². The summed E-state index contributed by atoms with van der Waals surface area (Å²) in [6.07, 6.45) is 8.28. The third-order valence-electron chi connectivity index (χ3n) is 8.17. The summed E-state index contributed by atoms with van der Waals surface area (Å²) in [6.45, 7) is 3.91. The van der Waals surface area contributed by atoms with Crippen molar-refractivity contribution in [2.24, 2.45) is 5.16 Å². The van der Waals surface area contributed by atoms with Gasteiger partial charge in [-0.1, -0.05) is 23.3 Å². The van der Waals surface area contributed by atoms with Gasteiger partial charge in [-0.3, -0.25) is 14.5 Å². The van der Waals surface area contributed by atoms with E-state index in [1.807, 2.05) is 0 Å². The lowest BCUT2D eigenvalue weighted by molar-refractivity contribution is -0.150. The van der Waals surface area contributed by atoms with E-state index in [0.717, 1.165) is 63.3 Å². The van der Waals surface area contributed by atoms with Crippen LogP contribution in [0.2, 0.25) is 0 Å². The van der Waals surface area contributed by atoms with Crippen LogP contribution < -0.4 is 11.1 Å². The van der Waals surface area contributed by atoms with Crippen molar-refractivity contribution in [3.8, 4) is 0 Å². The van der Waals surface area contributed by atoms with Crippen LogP contribution in [0.25, 0.3) is 0 Å². The summed E-state index contributed by atoms with van der Waals surface area (Å²) in [7, 11) is 0. The molecular weight excluding hydrogens is 643 g/mol. The molecule has 4 aliphatic rings. The first kappa shape index (κ1) is 31.7. The monoisotopic (exact) mass is 677 g/mol. The van der Waals surface area contributed by atoms with Gasteiger partial charge < -0.3 is 25.9 Å². The number of anilines is 1. The number of aryl methyl sites for hydroxylation is 1. The molecule has 0 bridgehead atoms. The van der Waals surface area contributed by atoms with Crippen molar-refractivity contribution in [3.63, 3.8) is 0 Å². The van der Waals surface area contributed by atoms with Crippen LogP contribution in [0.1, 0.15) is 57.2 Å². The number of aromatic nitrogens is 6. The van der Waals surface area contributed by atoms with Crippen LogP contribution in [0.15, 0.2) is 21.6 Å². The molecule has 16 nitrogen and oxygen atoms in total. The number of hydrogen-bond donors (Lipinski definition) is 3. The molecule has 0 radical (unpaired) electrons. The third-order valence-corrected chi connectivity index (χ3v) is 11.1. The van der Waals surface area contributed by atoms with Gasteiger partial charge in [0.05, 0.1) is 0 Å². The third kappa shape index (κ3) is 7.25. The van der Waals surface area contributed by atoms with Crippen molar-refractivity contribution in [1.82, 2.24) is 44.7 Å². The Morgan fingerprint density at radius 2 is 1.96 bits per heavy atom. The van der Waals surface area contributed by atoms with Crippen LogP contribution in [0, 0.1) is 0 Å². The van der Waals surface area contributed by atoms with E-state index >= 15 is 0 Å². The van der Waals surface area contributed by atoms with Crippen molar-refractivity contribution < 1.29 is 24.3 Å². The molecule has 5 heterocycles. The Hall–Kier alpha value is -3.29. The molecule has 2 atom stereocenters. The number of carboxylic acids is 1. The van der Waals surface area contributed by atoms with Gasteiger partial charge in [0.15, 0.2) is 5.13 Å². The predicted octanol–water partition coefficient (Wildman–Crippen LogP) is 1.18. The van der Waals surface area contributed by atoms with Crippen LogP contribution >= 0.6 is 35.1 Å². The van der Waals surface area contributed by atoms with Crippen LogP contribution in [0.5, 0.6) is 0 Å². The van der Waals surface area contributed by atoms with E-state index < -0.39 is 29.2 Å². The summed E-state index contributed by atoms with van der Waals surface area (Å²) >= 11 is 3.64. The maximum absolute atomic E-state index is 13.3. The molecular formula is C26H35N11O5S3. The highest BCUT2D eigenvalue weighted by Crippen LogP contribution is 2.41. The van der Waals surface area contributed by atoms with Gasteiger partial charge in [-0.15, -0.1) is 16.9 Å². The number of nitrogens with one attached hydrogen (secondary N) is 1. The Morgan fingerprint density at radius 3 is 2.69 bits per heavy atom. The number of rotatable bonds is 13. The number of oxime groups is 1. The minimum absolute atomic E-state index is 0.00666. The normalized spacial score (nSPS) is 22.8. The number of thioether (sulfide) groups is 2. The first-order valence-corrected chi connectivity index (χ1v) is 17.9. The van der Waals surface area contributed by atoms with Gasteiger partial charge >= 0.3 is 5.97 Å². The quantitative estimate of drug-likeness (QED) is 0.118. The molecule has 3 fully saturated rings. The SMILES string of the molecule is Nc1nc(/C(=N/OC2CCCC2)C(=O)NC2C(=O)N3C(C(=O)O)=C(CSc4nnnn4CCCN4CCCCC4)CS[C@H]23)ns1. The van der Waals surface area contributed by atoms with E-state index in [2.05, 4.69) is 40.3 Å². The van der Waals surface area contributed by atoms with Gasteiger partial charge in [-0.25, -0.2) is 9.48 Å². The number of hydrogen-bond acceptors (Lipinski definition) is 15. The number of carbonyl (C=O) groups is 3. The second kappa shape index (κ2) is 14.4. The van der Waals surface area contributed by atoms with E-state index in [1.54, 1.807) is 4.68 Å². The molecule has 6 rings (SSSR count). The molecule has 2 aromatic rings. The summed E-state index contributed by atoms with van der Waals surface area (Å²) in [6, 6.07) is -0.953. The second-order valence-corrected chi connectivity index (χ2v) is 14.1. The fourth-order valence-corrected chi connectivity index (χ4v) is 8.68. The Kier molecular flexibility index (Phi) is 10.2. The number of likely N-dealkylation sites (tertiary alicyclic amines) is 1. The maximum Gasteiger partial charge on any atom is 0.352 e. The summed E-state index contributed by atoms with van der Waals surface area (Å²) in [5.74, 6) is -1.75. The summed E-state index contributed by atoms with van der Waals surface area (Å²) in [5.41, 5.74) is 6.07. The topological polar surface area (TPSA) is 207 Å². The van der Waals surface area contributed by atoms with E-state index in [4.69, 9.17) is 10.6 Å². The zero-order valence-corrected chi connectivity index (χ0v) is 27.0. The number of β-lactam (4-membered cyclic amide) rings is 1. The molecule has 3 aliphatic heterocycles. The fraction of sp³-hybridized carbons (Fsp3) is 0.654. The van der Waals surface area contributed by atoms with Gasteiger partial charge in [-0.05, 0) is 80.6 Å². The molecule has 2 saturated heterocycles. The van der Waals surface area contributed by atoms with Gasteiger partial charge in [0.25, 0.3) is 11.8 Å². The number of nitrogens with two attached hydrogens (primary N) is 1. The zero-order valence-electron chi connectivity index (χ0n) is 24.5. The average molecular weight is 678 g/mol. The predicted molar refractivity (Wildman–Crippen MR) is 167 cm³/mol. The molecule has 1 unspecified atom stereocenters. The molecule has 0 spiro atoms. The van der Waals surface area contributed by atoms with Gasteiger partial charge in [0.1, 0.15) is 23.2 Å². The lowest BCUT2D eigenvalue weighted by Crippen LogP contribution is -2.71. The smallest absolute Gasteiger partial charge is 0.352 e. The minimum atomic E-state index is -1.20. The number of carbonyl (C=O) groups excluding carboxylic acids is 2.